The maximum Gasteiger partial charge on any atom is 0.122 e. The van der Waals surface area contributed by atoms with Crippen molar-refractivity contribution in [2.24, 2.45) is 12.0 Å². The second kappa shape index (κ2) is 5.43. The smallest absolute Gasteiger partial charge is 0.122 e. The SMILES string of the molecule is COc1cccc2c1CCN1C=CN=C(c3ccn(C)n3)C=C21. The molecule has 2 aromatic rings. The van der Waals surface area contributed by atoms with E-state index in [-0.39, 0.29) is 0 Å². The summed E-state index contributed by atoms with van der Waals surface area (Å²) >= 11 is 0. The highest BCUT2D eigenvalue weighted by atomic mass is 16.5. The predicted octanol–water partition coefficient (Wildman–Crippen LogP) is 2.60. The molecule has 0 atom stereocenters. The van der Waals surface area contributed by atoms with E-state index in [4.69, 9.17) is 4.74 Å². The van der Waals surface area contributed by atoms with E-state index in [1.54, 1.807) is 11.8 Å². The van der Waals surface area contributed by atoms with Crippen LogP contribution in [0.3, 0.4) is 0 Å². The average molecular weight is 306 g/mol. The van der Waals surface area contributed by atoms with Crippen LogP contribution in [0.25, 0.3) is 5.70 Å². The number of hydrogen-bond donors (Lipinski definition) is 0. The van der Waals surface area contributed by atoms with Gasteiger partial charge in [0.05, 0.1) is 18.5 Å². The molecule has 5 nitrogen and oxygen atoms in total. The number of benzene rings is 1. The Hall–Kier alpha value is -2.82. The van der Waals surface area contributed by atoms with Crippen molar-refractivity contribution in [3.05, 3.63) is 65.8 Å². The molecule has 23 heavy (non-hydrogen) atoms. The lowest BCUT2D eigenvalue weighted by atomic mass is 9.95. The first-order valence-electron chi connectivity index (χ1n) is 7.65. The number of hydrogen-bond acceptors (Lipinski definition) is 4. The number of ether oxygens (including phenoxy) is 1. The molecule has 0 fully saturated rings. The lowest BCUT2D eigenvalue weighted by molar-refractivity contribution is 0.403. The molecular weight excluding hydrogens is 288 g/mol. The van der Waals surface area contributed by atoms with Gasteiger partial charge in [-0.05, 0) is 24.6 Å². The van der Waals surface area contributed by atoms with E-state index in [0.29, 0.717) is 0 Å². The summed E-state index contributed by atoms with van der Waals surface area (Å²) in [5.41, 5.74) is 5.35. The third-order valence-corrected chi connectivity index (χ3v) is 4.25. The number of aromatic nitrogens is 2. The van der Waals surface area contributed by atoms with E-state index >= 15 is 0 Å². The van der Waals surface area contributed by atoms with Gasteiger partial charge in [0.15, 0.2) is 0 Å². The van der Waals surface area contributed by atoms with Crippen LogP contribution in [0, 0.1) is 0 Å². The van der Waals surface area contributed by atoms with Crippen LogP contribution in [-0.4, -0.2) is 34.0 Å². The van der Waals surface area contributed by atoms with Gasteiger partial charge in [-0.25, -0.2) is 0 Å². The van der Waals surface area contributed by atoms with E-state index in [9.17, 15) is 0 Å². The molecule has 2 aliphatic rings. The van der Waals surface area contributed by atoms with Crippen LogP contribution in [-0.2, 0) is 13.5 Å². The van der Waals surface area contributed by atoms with Crippen LogP contribution in [0.1, 0.15) is 16.8 Å². The Balaban J connectivity index is 1.85. The molecule has 116 valence electrons. The van der Waals surface area contributed by atoms with Crippen LogP contribution < -0.4 is 4.74 Å². The minimum Gasteiger partial charge on any atom is -0.496 e. The molecule has 0 saturated carbocycles. The van der Waals surface area contributed by atoms with Crippen LogP contribution in [0.2, 0.25) is 0 Å². The van der Waals surface area contributed by atoms with Crippen molar-refractivity contribution in [2.45, 2.75) is 6.42 Å². The third-order valence-electron chi connectivity index (χ3n) is 4.25. The van der Waals surface area contributed by atoms with E-state index < -0.39 is 0 Å². The predicted molar refractivity (Wildman–Crippen MR) is 90.3 cm³/mol. The molecule has 0 aliphatic carbocycles. The molecule has 0 N–H and O–H groups in total. The third kappa shape index (κ3) is 2.34. The molecule has 0 saturated heterocycles. The zero-order valence-corrected chi connectivity index (χ0v) is 13.2. The van der Waals surface area contributed by atoms with Crippen molar-refractivity contribution < 1.29 is 4.74 Å². The normalized spacial score (nSPS) is 16.2. The van der Waals surface area contributed by atoms with Crippen molar-refractivity contribution in [2.75, 3.05) is 13.7 Å². The van der Waals surface area contributed by atoms with Crippen LogP contribution in [0.4, 0.5) is 0 Å². The van der Waals surface area contributed by atoms with Crippen molar-refractivity contribution in [1.29, 1.82) is 0 Å². The lowest BCUT2D eigenvalue weighted by Gasteiger charge is -2.30. The standard InChI is InChI=1S/C18H18N4O/c1-21-9-7-15(20-21)16-12-17-13-4-3-5-18(23-2)14(13)6-10-22(17)11-8-19-16/h3-5,7-9,11-12H,6,10H2,1-2H3. The Morgan fingerprint density at radius 3 is 2.91 bits per heavy atom. The van der Waals surface area contributed by atoms with Crippen molar-refractivity contribution in [1.82, 2.24) is 14.7 Å². The molecule has 3 heterocycles. The maximum atomic E-state index is 5.53. The molecule has 0 unspecified atom stereocenters. The Labute approximate surface area is 135 Å². The van der Waals surface area contributed by atoms with Crippen molar-refractivity contribution in [3.63, 3.8) is 0 Å². The summed E-state index contributed by atoms with van der Waals surface area (Å²) < 4.78 is 7.32. The lowest BCUT2D eigenvalue weighted by Crippen LogP contribution is -2.25. The zero-order chi connectivity index (χ0) is 15.8. The highest BCUT2D eigenvalue weighted by molar-refractivity contribution is 6.11. The van der Waals surface area contributed by atoms with Crippen LogP contribution >= 0.6 is 0 Å². The molecule has 0 radical (unpaired) electrons. The molecule has 5 heteroatoms. The molecule has 1 aromatic carbocycles. The second-order valence-corrected chi connectivity index (χ2v) is 5.65. The molecule has 4 rings (SSSR count). The Kier molecular flexibility index (Phi) is 3.26. The molecular formula is C18H18N4O. The monoisotopic (exact) mass is 306 g/mol. The summed E-state index contributed by atoms with van der Waals surface area (Å²) in [7, 11) is 3.64. The largest absolute Gasteiger partial charge is 0.496 e. The van der Waals surface area contributed by atoms with E-state index in [0.717, 1.165) is 35.8 Å². The maximum absolute atomic E-state index is 5.53. The number of nitrogens with zero attached hydrogens (tertiary/aromatic N) is 4. The van der Waals surface area contributed by atoms with Gasteiger partial charge >= 0.3 is 0 Å². The Morgan fingerprint density at radius 1 is 1.22 bits per heavy atom. The number of fused-ring (bicyclic) bond motifs is 3. The first-order chi connectivity index (χ1) is 11.3. The Morgan fingerprint density at radius 2 is 2.13 bits per heavy atom. The fourth-order valence-corrected chi connectivity index (χ4v) is 3.13. The topological polar surface area (TPSA) is 42.6 Å². The molecule has 0 amide bonds. The van der Waals surface area contributed by atoms with Crippen molar-refractivity contribution in [3.8, 4) is 5.75 Å². The number of methoxy groups -OCH3 is 1. The summed E-state index contributed by atoms with van der Waals surface area (Å²) in [6.45, 7) is 0.917. The van der Waals surface area contributed by atoms with Gasteiger partial charge in [-0.3, -0.25) is 9.67 Å². The second-order valence-electron chi connectivity index (χ2n) is 5.65. The molecule has 0 spiro atoms. The Bertz CT molecular complexity index is 844. The van der Waals surface area contributed by atoms with E-state index in [1.165, 1.54) is 11.1 Å². The molecule has 0 bridgehead atoms. The fourth-order valence-electron chi connectivity index (χ4n) is 3.13. The fraction of sp³-hybridized carbons (Fsp3) is 0.222. The summed E-state index contributed by atoms with van der Waals surface area (Å²) in [5.74, 6) is 0.951. The summed E-state index contributed by atoms with van der Waals surface area (Å²) in [6, 6.07) is 8.18. The van der Waals surface area contributed by atoms with E-state index in [2.05, 4.69) is 27.1 Å². The minimum atomic E-state index is 0.870. The summed E-state index contributed by atoms with van der Waals surface area (Å²) in [5, 5.41) is 4.47. The van der Waals surface area contributed by atoms with Crippen molar-refractivity contribution >= 4 is 11.4 Å². The number of rotatable bonds is 2. The number of allylic oxidation sites excluding steroid dienone is 1. The van der Waals surface area contributed by atoms with Gasteiger partial charge in [-0.2, -0.15) is 5.10 Å². The molecule has 1 aromatic heterocycles. The van der Waals surface area contributed by atoms with Crippen LogP contribution in [0.5, 0.6) is 5.75 Å². The first-order valence-corrected chi connectivity index (χ1v) is 7.65. The van der Waals surface area contributed by atoms with Gasteiger partial charge in [0.25, 0.3) is 0 Å². The van der Waals surface area contributed by atoms with Gasteiger partial charge in [0, 0.05) is 43.3 Å². The van der Waals surface area contributed by atoms with E-state index in [1.807, 2.05) is 43.8 Å². The van der Waals surface area contributed by atoms with Gasteiger partial charge in [0.1, 0.15) is 11.4 Å². The van der Waals surface area contributed by atoms with Gasteiger partial charge < -0.3 is 9.64 Å². The van der Waals surface area contributed by atoms with Gasteiger partial charge in [-0.15, -0.1) is 0 Å². The first kappa shape index (κ1) is 13.8. The summed E-state index contributed by atoms with van der Waals surface area (Å²) in [4.78, 5) is 6.79. The minimum absolute atomic E-state index is 0.870. The van der Waals surface area contributed by atoms with Gasteiger partial charge in [-0.1, -0.05) is 12.1 Å². The number of aryl methyl sites for hydroxylation is 1. The summed E-state index contributed by atoms with van der Waals surface area (Å²) in [6.07, 6.45) is 8.88. The number of aliphatic imine (C=N–C) groups is 1. The highest BCUT2D eigenvalue weighted by Crippen LogP contribution is 2.35. The zero-order valence-electron chi connectivity index (χ0n) is 13.2. The van der Waals surface area contributed by atoms with Crippen LogP contribution in [0.15, 0.2) is 53.9 Å². The molecule has 2 aliphatic heterocycles. The van der Waals surface area contributed by atoms with Gasteiger partial charge in [0.2, 0.25) is 0 Å². The quantitative estimate of drug-likeness (QED) is 0.856. The average Bonchev–Trinajstić information content (AvgIpc) is 2.89. The highest BCUT2D eigenvalue weighted by Gasteiger charge is 2.24.